The number of ether oxygens (including phenoxy) is 2. The molecule has 0 saturated carbocycles. The van der Waals surface area contributed by atoms with Crippen LogP contribution in [0.5, 0.6) is 5.75 Å². The molecule has 5 nitrogen and oxygen atoms in total. The van der Waals surface area contributed by atoms with E-state index in [-0.39, 0.29) is 17.1 Å². The minimum Gasteiger partial charge on any atom is -0.425 e. The van der Waals surface area contributed by atoms with E-state index in [1.54, 1.807) is 60.7 Å². The Morgan fingerprint density at radius 1 is 0.872 bits per heavy atom. The topological polar surface area (TPSA) is 69.7 Å². The molecular formula is C32H22BrClO5. The molecule has 0 saturated heterocycles. The largest absolute Gasteiger partial charge is 0.425 e. The second-order valence-electron chi connectivity index (χ2n) is 9.01. The van der Waals surface area contributed by atoms with Crippen LogP contribution in [-0.4, -0.2) is 17.7 Å². The van der Waals surface area contributed by atoms with Crippen molar-refractivity contribution in [2.24, 2.45) is 0 Å². The number of hydrogen-bond donors (Lipinski definition) is 0. The Morgan fingerprint density at radius 2 is 1.51 bits per heavy atom. The van der Waals surface area contributed by atoms with Crippen LogP contribution in [0.25, 0.3) is 5.76 Å². The summed E-state index contributed by atoms with van der Waals surface area (Å²) in [6.45, 7) is 1.27. The summed E-state index contributed by atoms with van der Waals surface area (Å²) in [4.78, 5) is 40.4. The lowest BCUT2D eigenvalue weighted by molar-refractivity contribution is -0.134. The van der Waals surface area contributed by atoms with E-state index in [4.69, 9.17) is 21.1 Å². The highest BCUT2D eigenvalue weighted by Gasteiger charge is 2.44. The molecule has 194 valence electrons. The van der Waals surface area contributed by atoms with Crippen LogP contribution in [0.4, 0.5) is 0 Å². The van der Waals surface area contributed by atoms with Crippen molar-refractivity contribution in [1.29, 1.82) is 0 Å². The zero-order chi connectivity index (χ0) is 27.5. The van der Waals surface area contributed by atoms with Gasteiger partial charge in [0.1, 0.15) is 11.5 Å². The fourth-order valence-corrected chi connectivity index (χ4v) is 5.33. The monoisotopic (exact) mass is 600 g/mol. The lowest BCUT2D eigenvalue weighted by Crippen LogP contribution is -2.32. The number of benzene rings is 4. The molecule has 4 aromatic rings. The highest BCUT2D eigenvalue weighted by atomic mass is 79.9. The molecule has 2 atom stereocenters. The predicted molar refractivity (Wildman–Crippen MR) is 153 cm³/mol. The van der Waals surface area contributed by atoms with E-state index in [1.807, 2.05) is 42.5 Å². The van der Waals surface area contributed by atoms with Crippen molar-refractivity contribution >= 4 is 51.0 Å². The van der Waals surface area contributed by atoms with Gasteiger partial charge in [0.15, 0.2) is 5.78 Å². The number of rotatable bonds is 6. The molecule has 0 radical (unpaired) electrons. The smallest absolute Gasteiger partial charge is 0.343 e. The summed E-state index contributed by atoms with van der Waals surface area (Å²) in [6, 6.07) is 30.0. The molecule has 0 aromatic heterocycles. The number of Topliss-reactive ketones (excluding diaryl/α,β-unsaturated/α-hetero) is 1. The Hall–Kier alpha value is -4.00. The van der Waals surface area contributed by atoms with Crippen molar-refractivity contribution in [3.8, 4) is 5.75 Å². The zero-order valence-corrected chi connectivity index (χ0v) is 23.1. The van der Waals surface area contributed by atoms with Gasteiger partial charge < -0.3 is 9.47 Å². The molecule has 5 rings (SSSR count). The van der Waals surface area contributed by atoms with Crippen LogP contribution < -0.4 is 4.74 Å². The highest BCUT2D eigenvalue weighted by Crippen LogP contribution is 2.50. The van der Waals surface area contributed by atoms with Crippen molar-refractivity contribution in [3.63, 3.8) is 0 Å². The number of carbonyl (C=O) groups excluding carboxylic acids is 3. The lowest BCUT2D eigenvalue weighted by Gasteiger charge is -2.34. The number of hydrogen-bond acceptors (Lipinski definition) is 5. The SMILES string of the molecule is CC(=O)OC(=C1C(=O)Oc2ccc(Br)cc2C1C(C(=O)c1ccc(Cl)cc1)c1ccccc1)c1ccccc1. The van der Waals surface area contributed by atoms with Crippen molar-refractivity contribution in [3.05, 3.63) is 140 Å². The normalized spacial score (nSPS) is 16.5. The van der Waals surface area contributed by atoms with E-state index in [9.17, 15) is 14.4 Å². The van der Waals surface area contributed by atoms with E-state index in [2.05, 4.69) is 15.9 Å². The highest BCUT2D eigenvalue weighted by molar-refractivity contribution is 9.10. The third-order valence-corrected chi connectivity index (χ3v) is 7.22. The maximum atomic E-state index is 14.3. The van der Waals surface area contributed by atoms with E-state index < -0.39 is 23.8 Å². The molecule has 0 amide bonds. The molecule has 1 aliphatic rings. The molecule has 0 aliphatic carbocycles. The van der Waals surface area contributed by atoms with Gasteiger partial charge in [0.05, 0.1) is 11.5 Å². The van der Waals surface area contributed by atoms with Crippen LogP contribution >= 0.6 is 27.5 Å². The van der Waals surface area contributed by atoms with Crippen molar-refractivity contribution in [2.75, 3.05) is 0 Å². The Bertz CT molecular complexity index is 1580. The second-order valence-corrected chi connectivity index (χ2v) is 10.4. The maximum Gasteiger partial charge on any atom is 0.343 e. The summed E-state index contributed by atoms with van der Waals surface area (Å²) in [6.07, 6.45) is 0. The van der Waals surface area contributed by atoms with Crippen molar-refractivity contribution in [1.82, 2.24) is 0 Å². The lowest BCUT2D eigenvalue weighted by atomic mass is 9.71. The predicted octanol–water partition coefficient (Wildman–Crippen LogP) is 7.75. The zero-order valence-electron chi connectivity index (χ0n) is 20.8. The van der Waals surface area contributed by atoms with Gasteiger partial charge in [-0.3, -0.25) is 9.59 Å². The Kier molecular flexibility index (Phi) is 7.77. The number of fused-ring (bicyclic) bond motifs is 1. The van der Waals surface area contributed by atoms with Gasteiger partial charge in [-0.15, -0.1) is 0 Å². The van der Waals surface area contributed by atoms with Crippen LogP contribution in [0.3, 0.4) is 0 Å². The summed E-state index contributed by atoms with van der Waals surface area (Å²) in [7, 11) is 0. The third kappa shape index (κ3) is 5.58. The van der Waals surface area contributed by atoms with Gasteiger partial charge in [-0.2, -0.15) is 0 Å². The number of carbonyl (C=O) groups is 3. The average Bonchev–Trinajstić information content (AvgIpc) is 2.94. The second kappa shape index (κ2) is 11.4. The molecule has 0 bridgehead atoms. The molecule has 0 fully saturated rings. The molecule has 39 heavy (non-hydrogen) atoms. The first kappa shape index (κ1) is 26.6. The molecule has 0 spiro atoms. The maximum absolute atomic E-state index is 14.3. The number of esters is 2. The van der Waals surface area contributed by atoms with E-state index >= 15 is 0 Å². The van der Waals surface area contributed by atoms with Crippen molar-refractivity contribution in [2.45, 2.75) is 18.8 Å². The number of halogens is 2. The Morgan fingerprint density at radius 3 is 2.15 bits per heavy atom. The van der Waals surface area contributed by atoms with E-state index in [1.165, 1.54) is 6.92 Å². The van der Waals surface area contributed by atoms with Gasteiger partial charge in [0.2, 0.25) is 0 Å². The first-order valence-electron chi connectivity index (χ1n) is 12.2. The molecular weight excluding hydrogens is 580 g/mol. The summed E-state index contributed by atoms with van der Waals surface area (Å²) in [5.74, 6) is -2.86. The van der Waals surface area contributed by atoms with Gasteiger partial charge in [-0.05, 0) is 48.0 Å². The fraction of sp³-hybridized carbons (Fsp3) is 0.0938. The molecule has 0 N–H and O–H groups in total. The van der Waals surface area contributed by atoms with Crippen LogP contribution in [0, 0.1) is 0 Å². The van der Waals surface area contributed by atoms with Gasteiger partial charge in [0, 0.05) is 39.0 Å². The third-order valence-electron chi connectivity index (χ3n) is 6.47. The van der Waals surface area contributed by atoms with Gasteiger partial charge in [-0.25, -0.2) is 4.79 Å². The first-order valence-corrected chi connectivity index (χ1v) is 13.3. The van der Waals surface area contributed by atoms with Gasteiger partial charge in [-0.1, -0.05) is 88.2 Å². The minimum atomic E-state index is -0.863. The molecule has 1 aliphatic heterocycles. The summed E-state index contributed by atoms with van der Waals surface area (Å²) >= 11 is 9.64. The van der Waals surface area contributed by atoms with Gasteiger partial charge in [0.25, 0.3) is 0 Å². The molecule has 1 heterocycles. The fourth-order valence-electron chi connectivity index (χ4n) is 4.82. The standard InChI is InChI=1S/C32H22BrClO5/c1-19(35)38-31(22-10-6-3-7-11-22)29-28(25-18-23(33)14-17-26(25)39-32(29)37)27(20-8-4-2-5-9-20)30(36)21-12-15-24(34)16-13-21/h2-18,27-28H,1H3. The van der Waals surface area contributed by atoms with Crippen LogP contribution in [0.1, 0.15) is 45.8 Å². The van der Waals surface area contributed by atoms with E-state index in [0.717, 1.165) is 4.47 Å². The van der Waals surface area contributed by atoms with Crippen LogP contribution in [0.2, 0.25) is 5.02 Å². The summed E-state index contributed by atoms with van der Waals surface area (Å²) < 4.78 is 12.2. The van der Waals surface area contributed by atoms with Crippen LogP contribution in [-0.2, 0) is 14.3 Å². The quantitative estimate of drug-likeness (QED) is 0.0743. The van der Waals surface area contributed by atoms with Crippen LogP contribution in [0.15, 0.2) is 113 Å². The number of ketones is 1. The Balaban J connectivity index is 1.85. The first-order chi connectivity index (χ1) is 18.8. The van der Waals surface area contributed by atoms with Gasteiger partial charge >= 0.3 is 11.9 Å². The minimum absolute atomic E-state index is 0.0496. The average molecular weight is 602 g/mol. The molecule has 7 heteroatoms. The summed E-state index contributed by atoms with van der Waals surface area (Å²) in [5.41, 5.74) is 2.32. The molecule has 2 unspecified atom stereocenters. The Labute approximate surface area is 239 Å². The van der Waals surface area contributed by atoms with E-state index in [0.29, 0.717) is 33.0 Å². The summed E-state index contributed by atoms with van der Waals surface area (Å²) in [5, 5.41) is 0.500. The molecule has 4 aromatic carbocycles. The van der Waals surface area contributed by atoms with Crippen molar-refractivity contribution < 1.29 is 23.9 Å².